The van der Waals surface area contributed by atoms with E-state index in [9.17, 15) is 4.79 Å². The molecule has 2 aliphatic rings. The summed E-state index contributed by atoms with van der Waals surface area (Å²) in [6.45, 7) is 1.80. The maximum atomic E-state index is 11.2. The second-order valence-corrected chi connectivity index (χ2v) is 3.84. The van der Waals surface area contributed by atoms with Crippen LogP contribution >= 0.6 is 0 Å². The third kappa shape index (κ3) is 2.67. The van der Waals surface area contributed by atoms with Gasteiger partial charge in [-0.05, 0) is 12.8 Å². The quantitative estimate of drug-likeness (QED) is 0.559. The summed E-state index contributed by atoms with van der Waals surface area (Å²) in [6.07, 6.45) is 8.87. The Morgan fingerprint density at radius 2 is 2.43 bits per heavy atom. The summed E-state index contributed by atoms with van der Waals surface area (Å²) in [5.74, 6) is 0.571. The lowest BCUT2D eigenvalue weighted by Crippen LogP contribution is -3.05. The number of carbonyl (C=O) groups is 1. The van der Waals surface area contributed by atoms with Gasteiger partial charge in [0.2, 0.25) is 5.91 Å². The molecule has 0 aromatic carbocycles. The summed E-state index contributed by atoms with van der Waals surface area (Å²) in [6, 6.07) is 0. The molecule has 0 radical (unpaired) electrons. The molecule has 1 atom stereocenters. The van der Waals surface area contributed by atoms with Gasteiger partial charge in [-0.25, -0.2) is 4.99 Å². The first-order valence-corrected chi connectivity index (χ1v) is 5.19. The van der Waals surface area contributed by atoms with Gasteiger partial charge < -0.3 is 5.32 Å². The molecule has 76 valence electrons. The molecular formula is C10H16N3O+. The van der Waals surface area contributed by atoms with Crippen LogP contribution < -0.4 is 10.2 Å². The average Bonchev–Trinajstić information content (AvgIpc) is 2.92. The number of hydrogen-bond acceptors (Lipinski definition) is 2. The first-order chi connectivity index (χ1) is 6.86. The Morgan fingerprint density at radius 3 is 3.07 bits per heavy atom. The summed E-state index contributed by atoms with van der Waals surface area (Å²) in [5, 5.41) is 2.95. The Kier molecular flexibility index (Phi) is 2.93. The largest absolute Gasteiger partial charge is 0.356 e. The van der Waals surface area contributed by atoms with E-state index in [4.69, 9.17) is 0 Å². The third-order valence-corrected chi connectivity index (χ3v) is 2.50. The van der Waals surface area contributed by atoms with Crippen LogP contribution in [-0.2, 0) is 4.79 Å². The monoisotopic (exact) mass is 194 g/mol. The average molecular weight is 194 g/mol. The highest BCUT2D eigenvalue weighted by Gasteiger charge is 2.28. The smallest absolute Gasteiger partial charge is 0.223 e. The molecule has 0 spiro atoms. The highest BCUT2D eigenvalue weighted by molar-refractivity contribution is 5.80. The summed E-state index contributed by atoms with van der Waals surface area (Å²) >= 11 is 0. The van der Waals surface area contributed by atoms with E-state index in [0.717, 1.165) is 32.4 Å². The minimum Gasteiger partial charge on any atom is -0.356 e. The Balaban J connectivity index is 1.52. The fraction of sp³-hybridized carbons (Fsp3) is 0.600. The molecule has 1 aliphatic heterocycles. The zero-order chi connectivity index (χ0) is 9.80. The first kappa shape index (κ1) is 9.40. The van der Waals surface area contributed by atoms with Crippen molar-refractivity contribution < 1.29 is 9.69 Å². The van der Waals surface area contributed by atoms with E-state index >= 15 is 0 Å². The summed E-state index contributed by atoms with van der Waals surface area (Å²) in [4.78, 5) is 16.5. The predicted octanol–water partition coefficient (Wildman–Crippen LogP) is -0.699. The standard InChI is InChI=1S/C10H15N3O/c14-10(9-2-3-9)12-4-1-6-13-7-5-11-8-13/h5,7-9H,1-4,6H2,(H,12,14)/p+1. The summed E-state index contributed by atoms with van der Waals surface area (Å²) in [5.41, 5.74) is 0. The number of rotatable bonds is 5. The third-order valence-electron chi connectivity index (χ3n) is 2.50. The second kappa shape index (κ2) is 4.37. The lowest BCUT2D eigenvalue weighted by Gasteiger charge is -2.06. The van der Waals surface area contributed by atoms with Gasteiger partial charge in [0.25, 0.3) is 0 Å². The molecule has 2 N–H and O–H groups in total. The van der Waals surface area contributed by atoms with Crippen LogP contribution in [0.5, 0.6) is 0 Å². The van der Waals surface area contributed by atoms with Crippen LogP contribution in [0, 0.1) is 5.92 Å². The fourth-order valence-electron chi connectivity index (χ4n) is 1.46. The molecule has 1 aliphatic carbocycles. The van der Waals surface area contributed by atoms with Crippen LogP contribution in [0.25, 0.3) is 0 Å². The van der Waals surface area contributed by atoms with Crippen molar-refractivity contribution in [3.8, 4) is 0 Å². The fourth-order valence-corrected chi connectivity index (χ4v) is 1.46. The van der Waals surface area contributed by atoms with Crippen LogP contribution in [0.2, 0.25) is 0 Å². The lowest BCUT2D eigenvalue weighted by atomic mass is 10.3. The van der Waals surface area contributed by atoms with Crippen molar-refractivity contribution in [3.05, 3.63) is 12.4 Å². The van der Waals surface area contributed by atoms with Gasteiger partial charge in [0.15, 0.2) is 6.34 Å². The topological polar surface area (TPSA) is 45.9 Å². The minimum atomic E-state index is 0.241. The molecule has 0 aromatic heterocycles. The van der Waals surface area contributed by atoms with Gasteiger partial charge in [0, 0.05) is 18.9 Å². The second-order valence-electron chi connectivity index (χ2n) is 3.84. The molecular weight excluding hydrogens is 178 g/mol. The van der Waals surface area contributed by atoms with E-state index < -0.39 is 0 Å². The maximum absolute atomic E-state index is 11.2. The van der Waals surface area contributed by atoms with E-state index in [1.54, 1.807) is 6.20 Å². The van der Waals surface area contributed by atoms with Gasteiger partial charge in [-0.2, -0.15) is 0 Å². The normalized spacial score (nSPS) is 24.1. The molecule has 1 amide bonds. The van der Waals surface area contributed by atoms with Gasteiger partial charge in [-0.3, -0.25) is 9.69 Å². The van der Waals surface area contributed by atoms with Gasteiger partial charge in [0.1, 0.15) is 6.20 Å². The van der Waals surface area contributed by atoms with E-state index in [2.05, 4.69) is 10.3 Å². The molecule has 4 nitrogen and oxygen atoms in total. The van der Waals surface area contributed by atoms with Crippen LogP contribution in [-0.4, -0.2) is 25.3 Å². The first-order valence-electron chi connectivity index (χ1n) is 5.19. The van der Waals surface area contributed by atoms with Crippen molar-refractivity contribution in [2.75, 3.05) is 13.1 Å². The Morgan fingerprint density at radius 1 is 1.57 bits per heavy atom. The van der Waals surface area contributed by atoms with Crippen molar-refractivity contribution in [3.63, 3.8) is 0 Å². The molecule has 4 heteroatoms. The summed E-state index contributed by atoms with van der Waals surface area (Å²) in [7, 11) is 0. The number of aliphatic imine (C=N–C) groups is 1. The Labute approximate surface area is 83.7 Å². The van der Waals surface area contributed by atoms with E-state index in [1.807, 2.05) is 12.5 Å². The molecule has 0 bridgehead atoms. The van der Waals surface area contributed by atoms with Crippen LogP contribution in [0.15, 0.2) is 17.4 Å². The highest BCUT2D eigenvalue weighted by Crippen LogP contribution is 2.28. The molecule has 0 aromatic rings. The Bertz CT molecular complexity index is 257. The molecule has 2 rings (SSSR count). The number of nitrogens with one attached hydrogen (secondary N) is 2. The zero-order valence-electron chi connectivity index (χ0n) is 8.20. The number of nitrogens with zero attached hydrogens (tertiary/aromatic N) is 1. The SMILES string of the molecule is O=C(NCCC[NH+]1C=CN=C1)C1CC1. The van der Waals surface area contributed by atoms with E-state index in [0.29, 0.717) is 5.92 Å². The summed E-state index contributed by atoms with van der Waals surface area (Å²) < 4.78 is 0. The van der Waals surface area contributed by atoms with E-state index in [-0.39, 0.29) is 5.91 Å². The van der Waals surface area contributed by atoms with Crippen molar-refractivity contribution in [2.45, 2.75) is 19.3 Å². The van der Waals surface area contributed by atoms with Crippen LogP contribution in [0.3, 0.4) is 0 Å². The minimum absolute atomic E-state index is 0.241. The molecule has 0 saturated heterocycles. The van der Waals surface area contributed by atoms with Gasteiger partial charge in [-0.15, -0.1) is 0 Å². The zero-order valence-corrected chi connectivity index (χ0v) is 8.20. The highest BCUT2D eigenvalue weighted by atomic mass is 16.2. The predicted molar refractivity (Wildman–Crippen MR) is 53.8 cm³/mol. The maximum Gasteiger partial charge on any atom is 0.223 e. The van der Waals surface area contributed by atoms with Gasteiger partial charge in [0.05, 0.1) is 12.7 Å². The molecule has 1 saturated carbocycles. The number of carbonyl (C=O) groups excluding carboxylic acids is 1. The molecule has 1 fully saturated rings. The number of hydrogen-bond donors (Lipinski definition) is 2. The molecule has 14 heavy (non-hydrogen) atoms. The van der Waals surface area contributed by atoms with Gasteiger partial charge >= 0.3 is 0 Å². The van der Waals surface area contributed by atoms with Crippen molar-refractivity contribution in [1.29, 1.82) is 0 Å². The molecule has 1 heterocycles. The van der Waals surface area contributed by atoms with E-state index in [1.165, 1.54) is 4.90 Å². The van der Waals surface area contributed by atoms with Crippen LogP contribution in [0.1, 0.15) is 19.3 Å². The van der Waals surface area contributed by atoms with Crippen molar-refractivity contribution in [2.24, 2.45) is 10.9 Å². The molecule has 1 unspecified atom stereocenters. The lowest BCUT2D eigenvalue weighted by molar-refractivity contribution is -0.736. The Hall–Kier alpha value is -1.16. The van der Waals surface area contributed by atoms with Crippen molar-refractivity contribution in [1.82, 2.24) is 5.32 Å². The number of amides is 1. The van der Waals surface area contributed by atoms with Crippen LogP contribution in [0.4, 0.5) is 0 Å². The number of quaternary nitrogens is 1. The van der Waals surface area contributed by atoms with Crippen molar-refractivity contribution >= 4 is 12.2 Å². The van der Waals surface area contributed by atoms with Gasteiger partial charge in [-0.1, -0.05) is 0 Å².